The van der Waals surface area contributed by atoms with E-state index in [1.54, 1.807) is 17.0 Å². The molecule has 0 fully saturated rings. The highest BCUT2D eigenvalue weighted by atomic mass is 16.5. The van der Waals surface area contributed by atoms with Gasteiger partial charge in [0, 0.05) is 11.7 Å². The first-order valence-corrected chi connectivity index (χ1v) is 8.34. The number of anilines is 1. The normalized spacial score (nSPS) is 15.3. The van der Waals surface area contributed by atoms with E-state index in [9.17, 15) is 9.59 Å². The van der Waals surface area contributed by atoms with Crippen molar-refractivity contribution >= 4 is 17.6 Å². The van der Waals surface area contributed by atoms with Gasteiger partial charge >= 0.3 is 5.97 Å². The standard InChI is InChI=1S/C20H21NO5/c1-13-10-14-6-4-5-7-16(14)21(13)19(22)12-26-20(23)15-8-9-17(24-2)18(11-15)25-3/h4-9,11,13H,10,12H2,1-3H3. The van der Waals surface area contributed by atoms with Crippen LogP contribution in [-0.2, 0) is 16.0 Å². The number of hydrogen-bond donors (Lipinski definition) is 0. The fourth-order valence-electron chi connectivity index (χ4n) is 3.19. The van der Waals surface area contributed by atoms with Gasteiger partial charge in [-0.2, -0.15) is 0 Å². The first-order chi connectivity index (χ1) is 12.5. The molecule has 1 aliphatic rings. The molecule has 1 atom stereocenters. The Morgan fingerprint density at radius 2 is 1.81 bits per heavy atom. The van der Waals surface area contributed by atoms with Crippen LogP contribution in [0.15, 0.2) is 42.5 Å². The minimum absolute atomic E-state index is 0.0414. The summed E-state index contributed by atoms with van der Waals surface area (Å²) in [6, 6.07) is 12.5. The lowest BCUT2D eigenvalue weighted by Crippen LogP contribution is -2.38. The van der Waals surface area contributed by atoms with Crippen LogP contribution in [0.5, 0.6) is 11.5 Å². The molecule has 0 spiro atoms. The van der Waals surface area contributed by atoms with Gasteiger partial charge in [-0.25, -0.2) is 4.79 Å². The van der Waals surface area contributed by atoms with Gasteiger partial charge in [0.2, 0.25) is 0 Å². The first kappa shape index (κ1) is 17.8. The van der Waals surface area contributed by atoms with Crippen molar-refractivity contribution in [1.82, 2.24) is 0 Å². The van der Waals surface area contributed by atoms with Crippen molar-refractivity contribution in [2.45, 2.75) is 19.4 Å². The maximum absolute atomic E-state index is 12.6. The third-order valence-corrected chi connectivity index (χ3v) is 4.42. The fraction of sp³-hybridized carbons (Fsp3) is 0.300. The van der Waals surface area contributed by atoms with Crippen molar-refractivity contribution in [3.63, 3.8) is 0 Å². The molecule has 0 aliphatic carbocycles. The number of rotatable bonds is 5. The minimum Gasteiger partial charge on any atom is -0.493 e. The molecular weight excluding hydrogens is 334 g/mol. The quantitative estimate of drug-likeness (QED) is 0.772. The summed E-state index contributed by atoms with van der Waals surface area (Å²) in [6.45, 7) is 1.67. The van der Waals surface area contributed by atoms with Crippen molar-refractivity contribution in [3.8, 4) is 11.5 Å². The van der Waals surface area contributed by atoms with Gasteiger partial charge in [-0.15, -0.1) is 0 Å². The molecule has 0 saturated heterocycles. The summed E-state index contributed by atoms with van der Waals surface area (Å²) in [5.41, 5.74) is 2.30. The van der Waals surface area contributed by atoms with E-state index in [2.05, 4.69) is 0 Å². The Kier molecular flexibility index (Phi) is 5.11. The highest BCUT2D eigenvalue weighted by molar-refractivity contribution is 5.99. The van der Waals surface area contributed by atoms with Crippen molar-refractivity contribution < 1.29 is 23.8 Å². The molecule has 0 N–H and O–H groups in total. The maximum Gasteiger partial charge on any atom is 0.338 e. The molecule has 1 heterocycles. The molecule has 0 bridgehead atoms. The Balaban J connectivity index is 1.67. The maximum atomic E-state index is 12.6. The molecule has 136 valence electrons. The van der Waals surface area contributed by atoms with Crippen LogP contribution >= 0.6 is 0 Å². The number of ether oxygens (including phenoxy) is 3. The number of carbonyl (C=O) groups is 2. The molecule has 1 aliphatic heterocycles. The molecule has 1 unspecified atom stereocenters. The van der Waals surface area contributed by atoms with Crippen molar-refractivity contribution in [1.29, 1.82) is 0 Å². The Bertz CT molecular complexity index is 833. The van der Waals surface area contributed by atoms with E-state index in [-0.39, 0.29) is 18.6 Å². The van der Waals surface area contributed by atoms with E-state index >= 15 is 0 Å². The molecule has 2 aromatic rings. The van der Waals surface area contributed by atoms with Crippen LogP contribution in [-0.4, -0.2) is 38.7 Å². The second-order valence-corrected chi connectivity index (χ2v) is 6.09. The van der Waals surface area contributed by atoms with E-state index in [4.69, 9.17) is 14.2 Å². The third kappa shape index (κ3) is 3.35. The van der Waals surface area contributed by atoms with E-state index < -0.39 is 5.97 Å². The zero-order chi connectivity index (χ0) is 18.7. The number of nitrogens with zero attached hydrogens (tertiary/aromatic N) is 1. The summed E-state index contributed by atoms with van der Waals surface area (Å²) >= 11 is 0. The topological polar surface area (TPSA) is 65.1 Å². The highest BCUT2D eigenvalue weighted by Crippen LogP contribution is 2.32. The van der Waals surface area contributed by atoms with Crippen LogP contribution in [0.4, 0.5) is 5.69 Å². The number of hydrogen-bond acceptors (Lipinski definition) is 5. The zero-order valence-electron chi connectivity index (χ0n) is 15.0. The largest absolute Gasteiger partial charge is 0.493 e. The van der Waals surface area contributed by atoms with E-state index in [0.29, 0.717) is 17.1 Å². The van der Waals surface area contributed by atoms with Gasteiger partial charge in [0.1, 0.15) is 0 Å². The Hall–Kier alpha value is -3.02. The highest BCUT2D eigenvalue weighted by Gasteiger charge is 2.31. The van der Waals surface area contributed by atoms with Crippen LogP contribution in [0.25, 0.3) is 0 Å². The van der Waals surface area contributed by atoms with Crippen LogP contribution in [0.1, 0.15) is 22.8 Å². The lowest BCUT2D eigenvalue weighted by Gasteiger charge is -2.22. The van der Waals surface area contributed by atoms with Gasteiger partial charge in [-0.3, -0.25) is 4.79 Å². The van der Waals surface area contributed by atoms with Crippen molar-refractivity contribution in [2.75, 3.05) is 25.7 Å². The number of esters is 1. The molecule has 6 nitrogen and oxygen atoms in total. The van der Waals surface area contributed by atoms with Crippen LogP contribution in [0.2, 0.25) is 0 Å². The van der Waals surface area contributed by atoms with Crippen molar-refractivity contribution in [2.24, 2.45) is 0 Å². The molecule has 0 radical (unpaired) electrons. The first-order valence-electron chi connectivity index (χ1n) is 8.34. The van der Waals surface area contributed by atoms with Crippen molar-refractivity contribution in [3.05, 3.63) is 53.6 Å². The van der Waals surface area contributed by atoms with Crippen LogP contribution < -0.4 is 14.4 Å². The number of para-hydroxylation sites is 1. The molecule has 6 heteroatoms. The lowest BCUT2D eigenvalue weighted by molar-refractivity contribution is -0.122. The van der Waals surface area contributed by atoms with Crippen LogP contribution in [0.3, 0.4) is 0 Å². The average Bonchev–Trinajstić information content (AvgIpc) is 3.00. The number of benzene rings is 2. The molecule has 3 rings (SSSR count). The lowest BCUT2D eigenvalue weighted by atomic mass is 10.1. The summed E-state index contributed by atoms with van der Waals surface area (Å²) in [6.07, 6.45) is 0.797. The summed E-state index contributed by atoms with van der Waals surface area (Å²) in [5.74, 6) is 0.119. The predicted octanol–water partition coefficient (Wildman–Crippen LogP) is 2.84. The fourth-order valence-corrected chi connectivity index (χ4v) is 3.19. The number of methoxy groups -OCH3 is 2. The van der Waals surface area contributed by atoms with E-state index in [1.165, 1.54) is 20.3 Å². The molecule has 2 aromatic carbocycles. The number of fused-ring (bicyclic) bond motifs is 1. The number of amides is 1. The second kappa shape index (κ2) is 7.47. The van der Waals surface area contributed by atoms with Gasteiger partial charge in [0.25, 0.3) is 5.91 Å². The Morgan fingerprint density at radius 3 is 2.54 bits per heavy atom. The minimum atomic E-state index is -0.584. The Labute approximate surface area is 152 Å². The smallest absolute Gasteiger partial charge is 0.338 e. The van der Waals surface area contributed by atoms with Gasteiger partial charge in [-0.1, -0.05) is 18.2 Å². The Morgan fingerprint density at radius 1 is 1.08 bits per heavy atom. The van der Waals surface area contributed by atoms with Gasteiger partial charge in [0.05, 0.1) is 19.8 Å². The summed E-state index contributed by atoms with van der Waals surface area (Å²) in [5, 5.41) is 0. The zero-order valence-corrected chi connectivity index (χ0v) is 15.0. The molecule has 1 amide bonds. The van der Waals surface area contributed by atoms with Crippen LogP contribution in [0, 0.1) is 0 Å². The monoisotopic (exact) mass is 355 g/mol. The van der Waals surface area contributed by atoms with E-state index in [1.807, 2.05) is 31.2 Å². The van der Waals surface area contributed by atoms with Gasteiger partial charge in [-0.05, 0) is 43.2 Å². The van der Waals surface area contributed by atoms with E-state index in [0.717, 1.165) is 17.7 Å². The second-order valence-electron chi connectivity index (χ2n) is 6.09. The molecular formula is C20H21NO5. The SMILES string of the molecule is COc1ccc(C(=O)OCC(=O)N2c3ccccc3CC2C)cc1OC. The summed E-state index contributed by atoms with van der Waals surface area (Å²) < 4.78 is 15.5. The predicted molar refractivity (Wildman–Crippen MR) is 96.9 cm³/mol. The molecule has 0 saturated carbocycles. The molecule has 0 aromatic heterocycles. The third-order valence-electron chi connectivity index (χ3n) is 4.42. The molecule has 26 heavy (non-hydrogen) atoms. The van der Waals surface area contributed by atoms with Gasteiger partial charge < -0.3 is 19.1 Å². The summed E-state index contributed by atoms with van der Waals surface area (Å²) in [4.78, 5) is 26.5. The van der Waals surface area contributed by atoms with Gasteiger partial charge in [0.15, 0.2) is 18.1 Å². The summed E-state index contributed by atoms with van der Waals surface area (Å²) in [7, 11) is 3.01. The number of carbonyl (C=O) groups excluding carboxylic acids is 2. The average molecular weight is 355 g/mol.